The fourth-order valence-corrected chi connectivity index (χ4v) is 1.55. The van der Waals surface area contributed by atoms with Crippen LogP contribution < -0.4 is 5.48 Å². The number of nitrogens with one attached hydrogen (secondary N) is 1. The molecule has 1 amide bonds. The number of hydrogen-bond acceptors (Lipinski definition) is 3. The molecule has 4 nitrogen and oxygen atoms in total. The zero-order chi connectivity index (χ0) is 8.55. The summed E-state index contributed by atoms with van der Waals surface area (Å²) in [7, 11) is 0. The van der Waals surface area contributed by atoms with Gasteiger partial charge in [-0.2, -0.15) is 0 Å². The van der Waals surface area contributed by atoms with E-state index < -0.39 is 5.91 Å². The molecule has 64 valence electrons. The molecule has 2 rings (SSSR count). The van der Waals surface area contributed by atoms with Gasteiger partial charge in [0.25, 0.3) is 0 Å². The van der Waals surface area contributed by atoms with E-state index in [4.69, 9.17) is 4.84 Å². The summed E-state index contributed by atoms with van der Waals surface area (Å²) in [6.45, 7) is 0. The second kappa shape index (κ2) is 2.71. The molecule has 0 spiro atoms. The van der Waals surface area contributed by atoms with Gasteiger partial charge in [-0.05, 0) is 12.8 Å². The number of ketones is 1. The summed E-state index contributed by atoms with van der Waals surface area (Å²) < 4.78 is 0. The molecule has 12 heavy (non-hydrogen) atoms. The first-order valence-electron chi connectivity index (χ1n) is 3.95. The Kier molecular flexibility index (Phi) is 1.69. The Hall–Kier alpha value is -1.16. The molecule has 0 bridgehead atoms. The minimum absolute atomic E-state index is 0.246. The molecule has 2 aliphatic rings. The van der Waals surface area contributed by atoms with Gasteiger partial charge in [-0.25, -0.2) is 5.48 Å². The highest BCUT2D eigenvalue weighted by Crippen LogP contribution is 2.24. The van der Waals surface area contributed by atoms with Crippen LogP contribution in [0, 0.1) is 5.92 Å². The highest BCUT2D eigenvalue weighted by Gasteiger charge is 2.37. The van der Waals surface area contributed by atoms with Gasteiger partial charge >= 0.3 is 5.91 Å². The van der Waals surface area contributed by atoms with Gasteiger partial charge in [-0.15, -0.1) is 0 Å². The fraction of sp³-hybridized carbons (Fsp3) is 0.500. The number of rotatable bonds is 0. The third kappa shape index (κ3) is 1.04. The first-order valence-corrected chi connectivity index (χ1v) is 3.95. The van der Waals surface area contributed by atoms with Crippen molar-refractivity contribution >= 4 is 11.7 Å². The molecule has 4 heteroatoms. The molecule has 0 aromatic carbocycles. The van der Waals surface area contributed by atoms with Crippen molar-refractivity contribution in [3.8, 4) is 0 Å². The van der Waals surface area contributed by atoms with E-state index in [-0.39, 0.29) is 17.8 Å². The smallest absolute Gasteiger partial charge is 0.288 e. The Morgan fingerprint density at radius 1 is 1.50 bits per heavy atom. The second-order valence-electron chi connectivity index (χ2n) is 2.99. The fourth-order valence-electron chi connectivity index (χ4n) is 1.55. The molecular weight excluding hydrogens is 158 g/mol. The summed E-state index contributed by atoms with van der Waals surface area (Å²) in [5.74, 6) is -1.23. The van der Waals surface area contributed by atoms with Crippen molar-refractivity contribution in [2.24, 2.45) is 5.92 Å². The maximum Gasteiger partial charge on any atom is 0.311 e. The average Bonchev–Trinajstić information content (AvgIpc) is 2.12. The lowest BCUT2D eigenvalue weighted by atomic mass is 9.87. The van der Waals surface area contributed by atoms with Crippen molar-refractivity contribution in [1.82, 2.24) is 5.48 Å². The summed E-state index contributed by atoms with van der Waals surface area (Å²) >= 11 is 0. The van der Waals surface area contributed by atoms with E-state index in [2.05, 4.69) is 5.48 Å². The highest BCUT2D eigenvalue weighted by molar-refractivity contribution is 6.37. The monoisotopic (exact) mass is 167 g/mol. The normalized spacial score (nSPS) is 34.3. The lowest BCUT2D eigenvalue weighted by Crippen LogP contribution is -2.49. The van der Waals surface area contributed by atoms with E-state index >= 15 is 0 Å². The molecule has 2 unspecified atom stereocenters. The van der Waals surface area contributed by atoms with Crippen molar-refractivity contribution in [2.75, 3.05) is 0 Å². The summed E-state index contributed by atoms with van der Waals surface area (Å²) in [6, 6.07) is 0. The van der Waals surface area contributed by atoms with Gasteiger partial charge in [0.15, 0.2) is 0 Å². The predicted molar refractivity (Wildman–Crippen MR) is 39.9 cm³/mol. The number of hydrogen-bond donors (Lipinski definition) is 1. The van der Waals surface area contributed by atoms with Gasteiger partial charge in [0.05, 0.1) is 5.92 Å². The number of carbonyl (C=O) groups excluding carboxylic acids is 2. The Morgan fingerprint density at radius 3 is 3.17 bits per heavy atom. The van der Waals surface area contributed by atoms with Crippen molar-refractivity contribution in [2.45, 2.75) is 18.9 Å². The number of amides is 1. The lowest BCUT2D eigenvalue weighted by molar-refractivity contribution is -0.163. The summed E-state index contributed by atoms with van der Waals surface area (Å²) in [6.07, 6.45) is 5.11. The molecular formula is C8H9NO3. The SMILES string of the molecule is O=C1NOC2C=CCCC2C1=O. The number of allylic oxidation sites excluding steroid dienone is 1. The lowest BCUT2D eigenvalue weighted by Gasteiger charge is -2.29. The van der Waals surface area contributed by atoms with E-state index in [1.54, 1.807) is 0 Å². The minimum Gasteiger partial charge on any atom is -0.288 e. The Bertz CT molecular complexity index is 259. The summed E-state index contributed by atoms with van der Waals surface area (Å²) in [4.78, 5) is 27.0. The molecule has 1 fully saturated rings. The van der Waals surface area contributed by atoms with E-state index in [1.807, 2.05) is 12.2 Å². The van der Waals surface area contributed by atoms with Gasteiger partial charge < -0.3 is 0 Å². The van der Waals surface area contributed by atoms with Crippen LogP contribution in [-0.4, -0.2) is 17.8 Å². The summed E-state index contributed by atoms with van der Waals surface area (Å²) in [5.41, 5.74) is 2.09. The van der Waals surface area contributed by atoms with E-state index in [0.717, 1.165) is 6.42 Å². The van der Waals surface area contributed by atoms with Crippen LogP contribution in [0.15, 0.2) is 12.2 Å². The number of carbonyl (C=O) groups is 2. The average molecular weight is 167 g/mol. The zero-order valence-electron chi connectivity index (χ0n) is 6.45. The molecule has 0 radical (unpaired) electrons. The van der Waals surface area contributed by atoms with Crippen molar-refractivity contribution in [1.29, 1.82) is 0 Å². The largest absolute Gasteiger partial charge is 0.311 e. The van der Waals surface area contributed by atoms with Crippen LogP contribution in [0.1, 0.15) is 12.8 Å². The first kappa shape index (κ1) is 7.49. The van der Waals surface area contributed by atoms with Crippen LogP contribution in [0.25, 0.3) is 0 Å². The molecule has 1 saturated heterocycles. The third-order valence-electron chi connectivity index (χ3n) is 2.21. The van der Waals surface area contributed by atoms with Crippen LogP contribution in [0.3, 0.4) is 0 Å². The van der Waals surface area contributed by atoms with Crippen molar-refractivity contribution < 1.29 is 14.4 Å². The van der Waals surface area contributed by atoms with E-state index in [9.17, 15) is 9.59 Å². The minimum atomic E-state index is -0.619. The van der Waals surface area contributed by atoms with E-state index in [0.29, 0.717) is 6.42 Å². The summed E-state index contributed by atoms with van der Waals surface area (Å²) in [5, 5.41) is 0. The molecule has 0 saturated carbocycles. The number of Topliss-reactive ketones (excluding diaryl/α,β-unsaturated/α-hetero) is 1. The van der Waals surface area contributed by atoms with Gasteiger partial charge in [-0.1, -0.05) is 12.2 Å². The topological polar surface area (TPSA) is 55.4 Å². The third-order valence-corrected chi connectivity index (χ3v) is 2.21. The maximum atomic E-state index is 11.2. The Balaban J connectivity index is 2.21. The van der Waals surface area contributed by atoms with Crippen LogP contribution >= 0.6 is 0 Å². The van der Waals surface area contributed by atoms with Gasteiger partial charge in [-0.3, -0.25) is 14.4 Å². The van der Waals surface area contributed by atoms with Crippen LogP contribution in [0.4, 0.5) is 0 Å². The molecule has 1 aliphatic heterocycles. The molecule has 2 atom stereocenters. The number of hydroxylamine groups is 1. The van der Waals surface area contributed by atoms with Crippen LogP contribution in [0.5, 0.6) is 0 Å². The molecule has 1 N–H and O–H groups in total. The standard InChI is InChI=1S/C8H9NO3/c10-7-5-3-1-2-4-6(5)12-9-8(7)11/h2,4-6H,1,3H2,(H,9,11). The Labute approximate surface area is 69.5 Å². The van der Waals surface area contributed by atoms with Crippen LogP contribution in [0.2, 0.25) is 0 Å². The Morgan fingerprint density at radius 2 is 2.33 bits per heavy atom. The highest BCUT2D eigenvalue weighted by atomic mass is 16.7. The molecule has 0 aromatic rings. The predicted octanol–water partition coefficient (Wildman–Crippen LogP) is -0.0483. The van der Waals surface area contributed by atoms with Crippen molar-refractivity contribution in [3.05, 3.63) is 12.2 Å². The van der Waals surface area contributed by atoms with Crippen LogP contribution in [-0.2, 0) is 14.4 Å². The zero-order valence-corrected chi connectivity index (χ0v) is 6.45. The molecule has 1 aliphatic carbocycles. The number of fused-ring (bicyclic) bond motifs is 1. The second-order valence-corrected chi connectivity index (χ2v) is 2.99. The molecule has 1 heterocycles. The van der Waals surface area contributed by atoms with Gasteiger partial charge in [0, 0.05) is 0 Å². The van der Waals surface area contributed by atoms with E-state index in [1.165, 1.54) is 0 Å². The van der Waals surface area contributed by atoms with Crippen molar-refractivity contribution in [3.63, 3.8) is 0 Å². The first-order chi connectivity index (χ1) is 5.79. The van der Waals surface area contributed by atoms with Gasteiger partial charge in [0.1, 0.15) is 6.10 Å². The van der Waals surface area contributed by atoms with Gasteiger partial charge in [0.2, 0.25) is 5.78 Å². The maximum absolute atomic E-state index is 11.2. The molecule has 0 aromatic heterocycles. The quantitative estimate of drug-likeness (QED) is 0.406.